The molecule has 0 saturated carbocycles. The fourth-order valence-electron chi connectivity index (χ4n) is 1.79. The molecule has 2 rings (SSSR count). The van der Waals surface area contributed by atoms with Gasteiger partial charge in [0.2, 0.25) is 0 Å². The van der Waals surface area contributed by atoms with Crippen molar-refractivity contribution < 1.29 is 14.7 Å². The highest BCUT2D eigenvalue weighted by molar-refractivity contribution is 6.01. The zero-order valence-electron chi connectivity index (χ0n) is 10.2. The van der Waals surface area contributed by atoms with Crippen LogP contribution in [0.4, 0.5) is 0 Å². The van der Waals surface area contributed by atoms with Gasteiger partial charge in [-0.15, -0.1) is 0 Å². The Balaban J connectivity index is 2.63. The first kappa shape index (κ1) is 12.0. The molecule has 0 spiro atoms. The second-order valence-electron chi connectivity index (χ2n) is 3.75. The molecule has 2 aromatic carbocycles. The molecule has 0 aliphatic heterocycles. The summed E-state index contributed by atoms with van der Waals surface area (Å²) in [6.07, 6.45) is 0. The highest BCUT2D eigenvalue weighted by atomic mass is 16.5. The Hall–Kier alpha value is -2.43. The van der Waals surface area contributed by atoms with Gasteiger partial charge in [0.1, 0.15) is 0 Å². The molecule has 0 atom stereocenters. The Morgan fingerprint density at radius 3 is 2.22 bits per heavy atom. The Bertz CT molecular complexity index is 608. The quantitative estimate of drug-likeness (QED) is 0.375. The summed E-state index contributed by atoms with van der Waals surface area (Å²) in [5.41, 5.74) is 6.21. The van der Waals surface area contributed by atoms with E-state index in [1.807, 2.05) is 24.3 Å². The topological polar surface area (TPSA) is 77.1 Å². The molecule has 18 heavy (non-hydrogen) atoms. The first-order valence-corrected chi connectivity index (χ1v) is 5.33. The zero-order chi connectivity index (χ0) is 13.1. The van der Waals surface area contributed by atoms with E-state index in [0.717, 1.165) is 10.8 Å². The minimum absolute atomic E-state index is 0.0756. The van der Waals surface area contributed by atoms with Crippen molar-refractivity contribution in [3.05, 3.63) is 35.9 Å². The third-order valence-corrected chi connectivity index (χ3v) is 2.75. The number of hydrogen-bond acceptors (Lipinski definition) is 4. The van der Waals surface area contributed by atoms with Gasteiger partial charge in [-0.25, -0.2) is 0 Å². The number of ether oxygens (including phenoxy) is 2. The number of methoxy groups -OCH3 is 2. The third-order valence-electron chi connectivity index (χ3n) is 2.75. The minimum Gasteiger partial charge on any atom is -0.493 e. The van der Waals surface area contributed by atoms with E-state index in [0.29, 0.717) is 17.1 Å². The largest absolute Gasteiger partial charge is 0.493 e. The molecule has 0 heterocycles. The Morgan fingerprint density at radius 2 is 1.67 bits per heavy atom. The monoisotopic (exact) mass is 246 g/mol. The standard InChI is InChI=1S/C13H14N2O3/c1-17-11-6-8-3-4-9(13(14)15-16)5-10(8)7-12(11)18-2/h3-7,16H,1-2H3,(H2,14,15). The molecule has 5 heteroatoms. The van der Waals surface area contributed by atoms with E-state index >= 15 is 0 Å². The molecule has 2 aromatic rings. The van der Waals surface area contributed by atoms with Crippen molar-refractivity contribution in [3.8, 4) is 11.5 Å². The summed E-state index contributed by atoms with van der Waals surface area (Å²) in [6.45, 7) is 0. The molecule has 0 bridgehead atoms. The fraction of sp³-hybridized carbons (Fsp3) is 0.154. The van der Waals surface area contributed by atoms with E-state index in [1.165, 1.54) is 0 Å². The number of hydrogen-bond donors (Lipinski definition) is 2. The number of nitrogens with zero attached hydrogens (tertiary/aromatic N) is 1. The average Bonchev–Trinajstić information content (AvgIpc) is 2.44. The van der Waals surface area contributed by atoms with Gasteiger partial charge in [-0.2, -0.15) is 0 Å². The molecule has 0 unspecified atom stereocenters. The SMILES string of the molecule is COc1cc2ccc(C(N)=NO)cc2cc1OC. The summed E-state index contributed by atoms with van der Waals surface area (Å²) >= 11 is 0. The second kappa shape index (κ2) is 4.83. The number of fused-ring (bicyclic) bond motifs is 1. The average molecular weight is 246 g/mol. The zero-order valence-corrected chi connectivity index (χ0v) is 10.2. The van der Waals surface area contributed by atoms with Gasteiger partial charge < -0.3 is 20.4 Å². The molecule has 0 saturated heterocycles. The van der Waals surface area contributed by atoms with Gasteiger partial charge in [-0.3, -0.25) is 0 Å². The summed E-state index contributed by atoms with van der Waals surface area (Å²) in [7, 11) is 3.17. The molecule has 0 fully saturated rings. The van der Waals surface area contributed by atoms with E-state index in [1.54, 1.807) is 20.3 Å². The third kappa shape index (κ3) is 2.02. The lowest BCUT2D eigenvalue weighted by Gasteiger charge is -2.09. The van der Waals surface area contributed by atoms with Crippen molar-refractivity contribution in [2.24, 2.45) is 10.9 Å². The molecule has 0 radical (unpaired) electrons. The van der Waals surface area contributed by atoms with Gasteiger partial charge in [-0.05, 0) is 29.0 Å². The maximum Gasteiger partial charge on any atom is 0.170 e. The van der Waals surface area contributed by atoms with Gasteiger partial charge in [-0.1, -0.05) is 17.3 Å². The normalized spacial score (nSPS) is 11.6. The number of nitrogens with two attached hydrogens (primary N) is 1. The van der Waals surface area contributed by atoms with Gasteiger partial charge in [0.15, 0.2) is 17.3 Å². The van der Waals surface area contributed by atoms with Crippen LogP contribution in [0.2, 0.25) is 0 Å². The van der Waals surface area contributed by atoms with Crippen molar-refractivity contribution in [2.45, 2.75) is 0 Å². The van der Waals surface area contributed by atoms with Gasteiger partial charge >= 0.3 is 0 Å². The van der Waals surface area contributed by atoms with Crippen LogP contribution in [-0.2, 0) is 0 Å². The summed E-state index contributed by atoms with van der Waals surface area (Å²) in [6, 6.07) is 9.22. The van der Waals surface area contributed by atoms with E-state index in [2.05, 4.69) is 5.16 Å². The minimum atomic E-state index is 0.0756. The molecule has 3 N–H and O–H groups in total. The predicted molar refractivity (Wildman–Crippen MR) is 69.6 cm³/mol. The lowest BCUT2D eigenvalue weighted by Crippen LogP contribution is -2.12. The van der Waals surface area contributed by atoms with E-state index in [4.69, 9.17) is 20.4 Å². The smallest absolute Gasteiger partial charge is 0.170 e. The molecule has 0 amide bonds. The van der Waals surface area contributed by atoms with Crippen LogP contribution in [0.5, 0.6) is 11.5 Å². The van der Waals surface area contributed by atoms with Crippen LogP contribution in [0.15, 0.2) is 35.5 Å². The van der Waals surface area contributed by atoms with Crippen LogP contribution in [-0.4, -0.2) is 25.3 Å². The van der Waals surface area contributed by atoms with Crippen LogP contribution < -0.4 is 15.2 Å². The first-order valence-electron chi connectivity index (χ1n) is 5.33. The van der Waals surface area contributed by atoms with Crippen molar-refractivity contribution >= 4 is 16.6 Å². The van der Waals surface area contributed by atoms with E-state index in [-0.39, 0.29) is 5.84 Å². The number of rotatable bonds is 3. The van der Waals surface area contributed by atoms with Crippen LogP contribution in [0.1, 0.15) is 5.56 Å². The lowest BCUT2D eigenvalue weighted by atomic mass is 10.1. The van der Waals surface area contributed by atoms with Gasteiger partial charge in [0.25, 0.3) is 0 Å². The molecule has 0 aromatic heterocycles. The van der Waals surface area contributed by atoms with Crippen LogP contribution >= 0.6 is 0 Å². The maximum absolute atomic E-state index is 8.66. The summed E-state index contributed by atoms with van der Waals surface area (Å²) in [5.74, 6) is 1.38. The highest BCUT2D eigenvalue weighted by Gasteiger charge is 2.07. The van der Waals surface area contributed by atoms with Crippen LogP contribution in [0.25, 0.3) is 10.8 Å². The number of oxime groups is 1. The summed E-state index contributed by atoms with van der Waals surface area (Å²) in [4.78, 5) is 0. The van der Waals surface area contributed by atoms with Crippen LogP contribution in [0, 0.1) is 0 Å². The molecule has 5 nitrogen and oxygen atoms in total. The summed E-state index contributed by atoms with van der Waals surface area (Å²) in [5, 5.41) is 13.6. The Morgan fingerprint density at radius 1 is 1.06 bits per heavy atom. The van der Waals surface area contributed by atoms with E-state index in [9.17, 15) is 0 Å². The summed E-state index contributed by atoms with van der Waals surface area (Å²) < 4.78 is 10.5. The fourth-order valence-corrected chi connectivity index (χ4v) is 1.79. The predicted octanol–water partition coefficient (Wildman–Crippen LogP) is 1.95. The Labute approximate surface area is 104 Å². The Kier molecular flexibility index (Phi) is 3.23. The van der Waals surface area contributed by atoms with Gasteiger partial charge in [0, 0.05) is 5.56 Å². The van der Waals surface area contributed by atoms with Gasteiger partial charge in [0.05, 0.1) is 14.2 Å². The lowest BCUT2D eigenvalue weighted by molar-refractivity contribution is 0.318. The second-order valence-corrected chi connectivity index (χ2v) is 3.75. The van der Waals surface area contributed by atoms with Crippen molar-refractivity contribution in [1.29, 1.82) is 0 Å². The van der Waals surface area contributed by atoms with Crippen molar-refractivity contribution in [1.82, 2.24) is 0 Å². The number of benzene rings is 2. The molecule has 94 valence electrons. The van der Waals surface area contributed by atoms with Crippen molar-refractivity contribution in [2.75, 3.05) is 14.2 Å². The maximum atomic E-state index is 8.66. The van der Waals surface area contributed by atoms with Crippen molar-refractivity contribution in [3.63, 3.8) is 0 Å². The molecule has 0 aliphatic rings. The first-order chi connectivity index (χ1) is 8.69. The molecular formula is C13H14N2O3. The van der Waals surface area contributed by atoms with Crippen LogP contribution in [0.3, 0.4) is 0 Å². The highest BCUT2D eigenvalue weighted by Crippen LogP contribution is 2.32. The van der Waals surface area contributed by atoms with E-state index < -0.39 is 0 Å². The number of amidine groups is 1. The molecule has 0 aliphatic carbocycles. The molecular weight excluding hydrogens is 232 g/mol.